The molecule has 0 bridgehead atoms. The lowest BCUT2D eigenvalue weighted by molar-refractivity contribution is 0.371. The van der Waals surface area contributed by atoms with E-state index in [1.807, 2.05) is 6.07 Å². The van der Waals surface area contributed by atoms with E-state index < -0.39 is 0 Å². The summed E-state index contributed by atoms with van der Waals surface area (Å²) in [5, 5.41) is 8.37. The van der Waals surface area contributed by atoms with Gasteiger partial charge in [-0.1, -0.05) is 0 Å². The molecule has 2 aromatic rings. The van der Waals surface area contributed by atoms with E-state index >= 15 is 0 Å². The van der Waals surface area contributed by atoms with Gasteiger partial charge in [0.1, 0.15) is 11.6 Å². The molecule has 4 heteroatoms. The quantitative estimate of drug-likeness (QED) is 0.706. The molecule has 2 rings (SSSR count). The fourth-order valence-electron chi connectivity index (χ4n) is 1.12. The van der Waals surface area contributed by atoms with Crippen molar-refractivity contribution in [2.24, 2.45) is 0 Å². The van der Waals surface area contributed by atoms with Crippen molar-refractivity contribution in [1.82, 2.24) is 9.97 Å². The normalized spacial score (nSPS) is 9.64. The van der Waals surface area contributed by atoms with Crippen LogP contribution in [0.25, 0.3) is 11.0 Å². The molecule has 0 aliphatic rings. The average molecular weight is 184 g/mol. The molecule has 0 unspecified atom stereocenters. The molecule has 0 N–H and O–H groups in total. The summed E-state index contributed by atoms with van der Waals surface area (Å²) in [5.41, 5.74) is 1.37. The molecule has 0 amide bonds. The van der Waals surface area contributed by atoms with Gasteiger partial charge in [-0.3, -0.25) is 4.98 Å². The summed E-state index contributed by atoms with van der Waals surface area (Å²) in [6, 6.07) is 8.25. The molecule has 67 valence electrons. The lowest BCUT2D eigenvalue weighted by Gasteiger charge is -2.02. The van der Waals surface area contributed by atoms with Crippen LogP contribution in [0.15, 0.2) is 24.5 Å². The summed E-state index contributed by atoms with van der Waals surface area (Å²) in [6.07, 6.45) is 3.19. The minimum Gasteiger partial charge on any atom is -0.476 e. The van der Waals surface area contributed by atoms with Crippen LogP contribution in [0.3, 0.4) is 0 Å². The number of hydrogen-bond acceptors (Lipinski definition) is 4. The molecule has 0 atom stereocenters. The third-order valence-corrected chi connectivity index (χ3v) is 1.68. The number of fused-ring (bicyclic) bond motifs is 1. The lowest BCUT2D eigenvalue weighted by atomic mass is 10.3. The second-order valence-electron chi connectivity index (χ2n) is 2.54. The van der Waals surface area contributed by atoms with Crippen LogP contribution in [-0.2, 0) is 0 Å². The zero-order chi connectivity index (χ0) is 9.80. The van der Waals surface area contributed by atoms with E-state index in [9.17, 15) is 0 Å². The zero-order valence-corrected chi connectivity index (χ0v) is 7.27. The number of benzene rings is 1. The molecule has 0 aliphatic carbocycles. The molecule has 1 radical (unpaired) electrons. The van der Waals surface area contributed by atoms with Gasteiger partial charge in [0.05, 0.1) is 5.52 Å². The van der Waals surface area contributed by atoms with Gasteiger partial charge in [-0.05, 0) is 12.1 Å². The summed E-state index contributed by atoms with van der Waals surface area (Å²) in [4.78, 5) is 8.21. The Labute approximate surface area is 80.8 Å². The monoisotopic (exact) mass is 184 g/mol. The first-order chi connectivity index (χ1) is 6.92. The lowest BCUT2D eigenvalue weighted by Crippen LogP contribution is -1.95. The maximum atomic E-state index is 8.37. The summed E-state index contributed by atoms with van der Waals surface area (Å²) in [5.74, 6) is 0.470. The van der Waals surface area contributed by atoms with Gasteiger partial charge in [-0.15, -0.1) is 0 Å². The minimum atomic E-state index is -0.00775. The molecular weight excluding hydrogens is 178 g/mol. The van der Waals surface area contributed by atoms with Crippen LogP contribution >= 0.6 is 0 Å². The highest BCUT2D eigenvalue weighted by Gasteiger charge is 2.02. The van der Waals surface area contributed by atoms with E-state index in [0.717, 1.165) is 5.52 Å². The highest BCUT2D eigenvalue weighted by molar-refractivity contribution is 5.80. The SMILES string of the molecule is N#CCOc1[c]ccc2nccnc12. The van der Waals surface area contributed by atoms with E-state index in [-0.39, 0.29) is 6.61 Å². The second kappa shape index (κ2) is 3.71. The van der Waals surface area contributed by atoms with Crippen molar-refractivity contribution in [2.45, 2.75) is 0 Å². The molecule has 1 aromatic carbocycles. The van der Waals surface area contributed by atoms with Crippen LogP contribution in [-0.4, -0.2) is 16.6 Å². The maximum absolute atomic E-state index is 8.37. The van der Waals surface area contributed by atoms with Crippen molar-refractivity contribution < 1.29 is 4.74 Å². The summed E-state index contributed by atoms with van der Waals surface area (Å²) in [6.45, 7) is -0.00775. The van der Waals surface area contributed by atoms with E-state index in [2.05, 4.69) is 16.0 Å². The van der Waals surface area contributed by atoms with Crippen molar-refractivity contribution >= 4 is 11.0 Å². The highest BCUT2D eigenvalue weighted by Crippen LogP contribution is 2.20. The zero-order valence-electron chi connectivity index (χ0n) is 7.27. The van der Waals surface area contributed by atoms with Gasteiger partial charge in [-0.25, -0.2) is 4.98 Å². The third-order valence-electron chi connectivity index (χ3n) is 1.68. The molecule has 1 aromatic heterocycles. The van der Waals surface area contributed by atoms with Crippen LogP contribution in [0.2, 0.25) is 0 Å². The Kier molecular flexibility index (Phi) is 2.24. The van der Waals surface area contributed by atoms with Gasteiger partial charge < -0.3 is 4.74 Å². The smallest absolute Gasteiger partial charge is 0.174 e. The molecule has 14 heavy (non-hydrogen) atoms. The van der Waals surface area contributed by atoms with Gasteiger partial charge in [0.15, 0.2) is 12.4 Å². The molecule has 1 heterocycles. The summed E-state index contributed by atoms with van der Waals surface area (Å²) < 4.78 is 5.15. The predicted molar refractivity (Wildman–Crippen MR) is 49.5 cm³/mol. The number of rotatable bonds is 2. The molecule has 0 saturated carbocycles. The van der Waals surface area contributed by atoms with Crippen molar-refractivity contribution in [3.63, 3.8) is 0 Å². The van der Waals surface area contributed by atoms with Gasteiger partial charge >= 0.3 is 0 Å². The van der Waals surface area contributed by atoms with E-state index in [1.165, 1.54) is 0 Å². The predicted octanol–water partition coefficient (Wildman–Crippen LogP) is 1.33. The third kappa shape index (κ3) is 1.48. The number of hydrogen-bond donors (Lipinski definition) is 0. The fraction of sp³-hybridized carbons (Fsp3) is 0.100. The van der Waals surface area contributed by atoms with E-state index in [4.69, 9.17) is 10.00 Å². The van der Waals surface area contributed by atoms with Gasteiger partial charge in [0.25, 0.3) is 0 Å². The minimum absolute atomic E-state index is 0.00775. The average Bonchev–Trinajstić information content (AvgIpc) is 2.26. The highest BCUT2D eigenvalue weighted by atomic mass is 16.5. The van der Waals surface area contributed by atoms with Crippen molar-refractivity contribution in [1.29, 1.82) is 5.26 Å². The largest absolute Gasteiger partial charge is 0.476 e. The van der Waals surface area contributed by atoms with Crippen LogP contribution < -0.4 is 4.74 Å². The number of ether oxygens (including phenoxy) is 1. The Balaban J connectivity index is 2.49. The van der Waals surface area contributed by atoms with Crippen LogP contribution in [0.5, 0.6) is 5.75 Å². The maximum Gasteiger partial charge on any atom is 0.174 e. The molecule has 0 fully saturated rings. The van der Waals surface area contributed by atoms with Gasteiger partial charge in [0.2, 0.25) is 0 Å². The first-order valence-electron chi connectivity index (χ1n) is 4.03. The second-order valence-corrected chi connectivity index (χ2v) is 2.54. The standard InChI is InChI=1S/C10H6N3O/c11-4-7-14-9-3-1-2-8-10(9)13-6-5-12-8/h1-2,5-6H,7H2. The van der Waals surface area contributed by atoms with Crippen LogP contribution in [0, 0.1) is 17.4 Å². The van der Waals surface area contributed by atoms with Crippen molar-refractivity contribution in [3.8, 4) is 11.8 Å². The molecule has 0 spiro atoms. The van der Waals surface area contributed by atoms with Gasteiger partial charge in [0, 0.05) is 18.5 Å². The van der Waals surface area contributed by atoms with E-state index in [0.29, 0.717) is 11.3 Å². The Bertz CT molecular complexity index is 485. The Hall–Kier alpha value is -2.15. The Morgan fingerprint density at radius 3 is 3.14 bits per heavy atom. The fourth-order valence-corrected chi connectivity index (χ4v) is 1.12. The first kappa shape index (κ1) is 8.45. The van der Waals surface area contributed by atoms with Gasteiger partial charge in [-0.2, -0.15) is 5.26 Å². The molecule has 0 saturated heterocycles. The summed E-state index contributed by atoms with van der Waals surface area (Å²) in [7, 11) is 0. The summed E-state index contributed by atoms with van der Waals surface area (Å²) >= 11 is 0. The van der Waals surface area contributed by atoms with Crippen molar-refractivity contribution in [2.75, 3.05) is 6.61 Å². The van der Waals surface area contributed by atoms with Crippen molar-refractivity contribution in [3.05, 3.63) is 30.6 Å². The first-order valence-corrected chi connectivity index (χ1v) is 4.03. The topological polar surface area (TPSA) is 58.8 Å². The number of nitriles is 1. The van der Waals surface area contributed by atoms with Crippen LogP contribution in [0.4, 0.5) is 0 Å². The Morgan fingerprint density at radius 2 is 2.29 bits per heavy atom. The van der Waals surface area contributed by atoms with E-state index in [1.54, 1.807) is 24.5 Å². The molecule has 4 nitrogen and oxygen atoms in total. The van der Waals surface area contributed by atoms with Crippen LogP contribution in [0.1, 0.15) is 0 Å². The number of aromatic nitrogens is 2. The molecular formula is C10H6N3O. The number of nitrogens with zero attached hydrogens (tertiary/aromatic N) is 3. The Morgan fingerprint density at radius 1 is 1.43 bits per heavy atom. The molecule has 0 aliphatic heterocycles.